The number of benzene rings is 3. The monoisotopic (exact) mass is 547 g/mol. The summed E-state index contributed by atoms with van der Waals surface area (Å²) in [5, 5.41) is 11.7. The third kappa shape index (κ3) is 5.40. The maximum absolute atomic E-state index is 13.7. The molecule has 1 amide bonds. The van der Waals surface area contributed by atoms with Gasteiger partial charge in [0.2, 0.25) is 0 Å². The second kappa shape index (κ2) is 12.5. The molecule has 1 N–H and O–H groups in total. The summed E-state index contributed by atoms with van der Waals surface area (Å²) >= 11 is 0. The molecule has 0 aromatic heterocycles. The van der Waals surface area contributed by atoms with Crippen molar-refractivity contribution < 1.29 is 38.4 Å². The number of hydrogen-bond donors (Lipinski definition) is 1. The smallest absolute Gasteiger partial charge is 0.300 e. The number of ketones is 1. The average Bonchev–Trinajstić information content (AvgIpc) is 3.23. The number of amides is 1. The van der Waals surface area contributed by atoms with E-state index in [1.165, 1.54) is 19.1 Å². The van der Waals surface area contributed by atoms with Crippen LogP contribution < -0.4 is 28.6 Å². The molecule has 1 unspecified atom stereocenters. The number of nitrogens with zero attached hydrogens (tertiary/aromatic N) is 1. The van der Waals surface area contributed by atoms with Crippen molar-refractivity contribution >= 4 is 23.1 Å². The summed E-state index contributed by atoms with van der Waals surface area (Å²) in [5.74, 6) is 0.297. The van der Waals surface area contributed by atoms with Crippen LogP contribution in [0.1, 0.15) is 37.9 Å². The van der Waals surface area contributed by atoms with E-state index in [2.05, 4.69) is 0 Å². The van der Waals surface area contributed by atoms with Gasteiger partial charge in [0.15, 0.2) is 11.5 Å². The number of rotatable bonds is 11. The molecule has 1 aliphatic rings. The highest BCUT2D eigenvalue weighted by atomic mass is 16.5. The normalized spacial score (nSPS) is 16.1. The van der Waals surface area contributed by atoms with E-state index in [0.29, 0.717) is 59.8 Å². The second-order valence-electron chi connectivity index (χ2n) is 8.74. The minimum absolute atomic E-state index is 0.0934. The second-order valence-corrected chi connectivity index (χ2v) is 8.74. The SMILES string of the molecule is CCOc1cccc(N2C(=O)C(=O)/C(=C(/O)c3ccc(OCC)cc3OCC)C2c2ccc(OC)c(OC)c2)c1. The van der Waals surface area contributed by atoms with Crippen LogP contribution >= 0.6 is 0 Å². The lowest BCUT2D eigenvalue weighted by Crippen LogP contribution is -2.29. The van der Waals surface area contributed by atoms with E-state index < -0.39 is 17.7 Å². The van der Waals surface area contributed by atoms with Gasteiger partial charge >= 0.3 is 0 Å². The first-order valence-corrected chi connectivity index (χ1v) is 13.0. The van der Waals surface area contributed by atoms with Crippen LogP contribution in [0.5, 0.6) is 28.7 Å². The summed E-state index contributed by atoms with van der Waals surface area (Å²) in [6.45, 7) is 6.72. The predicted molar refractivity (Wildman–Crippen MR) is 151 cm³/mol. The Balaban J connectivity index is 1.97. The quantitative estimate of drug-likeness (QED) is 0.190. The fourth-order valence-corrected chi connectivity index (χ4v) is 4.70. The Morgan fingerprint density at radius 1 is 0.775 bits per heavy atom. The zero-order valence-electron chi connectivity index (χ0n) is 23.2. The van der Waals surface area contributed by atoms with Gasteiger partial charge in [-0.2, -0.15) is 0 Å². The van der Waals surface area contributed by atoms with Crippen LogP contribution in [0.2, 0.25) is 0 Å². The van der Waals surface area contributed by atoms with Crippen LogP contribution in [0.3, 0.4) is 0 Å². The average molecular weight is 548 g/mol. The number of Topliss-reactive ketones (excluding diaryl/α,β-unsaturated/α-hetero) is 1. The van der Waals surface area contributed by atoms with Crippen LogP contribution in [0.25, 0.3) is 5.76 Å². The number of carbonyl (C=O) groups is 2. The van der Waals surface area contributed by atoms with Crippen molar-refractivity contribution in [2.75, 3.05) is 38.9 Å². The molecule has 9 heteroatoms. The molecule has 0 radical (unpaired) electrons. The van der Waals surface area contributed by atoms with Gasteiger partial charge in [0.1, 0.15) is 23.0 Å². The van der Waals surface area contributed by atoms with Crippen molar-refractivity contribution in [2.45, 2.75) is 26.8 Å². The number of methoxy groups -OCH3 is 2. The Morgan fingerprint density at radius 2 is 1.45 bits per heavy atom. The molecule has 1 heterocycles. The molecule has 0 spiro atoms. The molecule has 4 rings (SSSR count). The molecular formula is C31H33NO8. The van der Waals surface area contributed by atoms with Crippen molar-refractivity contribution in [3.63, 3.8) is 0 Å². The molecule has 3 aromatic rings. The zero-order valence-corrected chi connectivity index (χ0v) is 23.2. The van der Waals surface area contributed by atoms with Crippen molar-refractivity contribution in [2.24, 2.45) is 0 Å². The molecule has 1 fully saturated rings. The fourth-order valence-electron chi connectivity index (χ4n) is 4.70. The third-order valence-corrected chi connectivity index (χ3v) is 6.39. The molecule has 0 saturated carbocycles. The minimum Gasteiger partial charge on any atom is -0.507 e. The van der Waals surface area contributed by atoms with E-state index in [1.807, 2.05) is 20.8 Å². The number of carbonyl (C=O) groups excluding carboxylic acids is 2. The number of aliphatic hydroxyl groups excluding tert-OH is 1. The van der Waals surface area contributed by atoms with E-state index in [-0.39, 0.29) is 16.9 Å². The lowest BCUT2D eigenvalue weighted by Gasteiger charge is -2.26. The molecule has 1 saturated heterocycles. The highest BCUT2D eigenvalue weighted by Gasteiger charge is 2.47. The highest BCUT2D eigenvalue weighted by molar-refractivity contribution is 6.51. The molecule has 1 aliphatic heterocycles. The van der Waals surface area contributed by atoms with Crippen molar-refractivity contribution in [3.05, 3.63) is 77.4 Å². The van der Waals surface area contributed by atoms with Crippen LogP contribution in [-0.4, -0.2) is 50.8 Å². The largest absolute Gasteiger partial charge is 0.507 e. The summed E-state index contributed by atoms with van der Waals surface area (Å²) in [6, 6.07) is 16.0. The Bertz CT molecular complexity index is 1430. The van der Waals surface area contributed by atoms with Gasteiger partial charge in [-0.3, -0.25) is 14.5 Å². The van der Waals surface area contributed by atoms with Gasteiger partial charge in [0.05, 0.1) is 51.2 Å². The molecule has 210 valence electrons. The maximum Gasteiger partial charge on any atom is 0.300 e. The molecule has 3 aromatic carbocycles. The lowest BCUT2D eigenvalue weighted by atomic mass is 9.94. The summed E-state index contributed by atoms with van der Waals surface area (Å²) in [5.41, 5.74) is 1.13. The topological polar surface area (TPSA) is 104 Å². The summed E-state index contributed by atoms with van der Waals surface area (Å²) in [7, 11) is 3.02. The van der Waals surface area contributed by atoms with Gasteiger partial charge in [0.25, 0.3) is 11.7 Å². The van der Waals surface area contributed by atoms with E-state index in [0.717, 1.165) is 0 Å². The van der Waals surface area contributed by atoms with Gasteiger partial charge in [-0.25, -0.2) is 0 Å². The minimum atomic E-state index is -0.988. The highest BCUT2D eigenvalue weighted by Crippen LogP contribution is 2.45. The fraction of sp³-hybridized carbons (Fsp3) is 0.290. The third-order valence-electron chi connectivity index (χ3n) is 6.39. The Hall–Kier alpha value is -4.66. The summed E-state index contributed by atoms with van der Waals surface area (Å²) in [4.78, 5) is 28.6. The lowest BCUT2D eigenvalue weighted by molar-refractivity contribution is -0.132. The molecule has 0 aliphatic carbocycles. The predicted octanol–water partition coefficient (Wildman–Crippen LogP) is 5.53. The Kier molecular flexibility index (Phi) is 8.83. The summed E-state index contributed by atoms with van der Waals surface area (Å²) < 4.78 is 27.9. The van der Waals surface area contributed by atoms with Gasteiger partial charge in [0, 0.05) is 17.8 Å². The van der Waals surface area contributed by atoms with Gasteiger partial charge in [-0.1, -0.05) is 12.1 Å². The molecule has 0 bridgehead atoms. The van der Waals surface area contributed by atoms with Gasteiger partial charge < -0.3 is 28.8 Å². The van der Waals surface area contributed by atoms with E-state index in [9.17, 15) is 14.7 Å². The number of hydrogen-bond acceptors (Lipinski definition) is 8. The van der Waals surface area contributed by atoms with E-state index >= 15 is 0 Å². The maximum atomic E-state index is 13.7. The van der Waals surface area contributed by atoms with E-state index in [4.69, 9.17) is 23.7 Å². The zero-order chi connectivity index (χ0) is 28.8. The van der Waals surface area contributed by atoms with Crippen molar-refractivity contribution in [1.29, 1.82) is 0 Å². The molecule has 1 atom stereocenters. The number of aliphatic hydroxyl groups is 1. The van der Waals surface area contributed by atoms with Gasteiger partial charge in [-0.05, 0) is 62.7 Å². The Labute approximate surface area is 233 Å². The molecular weight excluding hydrogens is 514 g/mol. The van der Waals surface area contributed by atoms with Gasteiger partial charge in [-0.15, -0.1) is 0 Å². The first kappa shape index (κ1) is 28.4. The van der Waals surface area contributed by atoms with Crippen LogP contribution in [0.15, 0.2) is 66.2 Å². The van der Waals surface area contributed by atoms with E-state index in [1.54, 1.807) is 60.7 Å². The summed E-state index contributed by atoms with van der Waals surface area (Å²) in [6.07, 6.45) is 0. The van der Waals surface area contributed by atoms with Crippen molar-refractivity contribution in [1.82, 2.24) is 0 Å². The van der Waals surface area contributed by atoms with Crippen molar-refractivity contribution in [3.8, 4) is 28.7 Å². The van der Waals surface area contributed by atoms with Crippen LogP contribution in [0.4, 0.5) is 5.69 Å². The number of anilines is 1. The van der Waals surface area contributed by atoms with Crippen LogP contribution in [-0.2, 0) is 9.59 Å². The molecule has 40 heavy (non-hydrogen) atoms. The first-order valence-electron chi connectivity index (χ1n) is 13.0. The standard InChI is InChI=1S/C31H33NO8/c1-6-38-21-11-9-10-20(17-21)32-28(19-12-15-24(36-4)26(16-19)37-5)27(30(34)31(32)35)29(33)23-14-13-22(39-7-2)18-25(23)40-8-3/h9-18,28,33H,6-8H2,1-5H3/b29-27+. The van der Waals surface area contributed by atoms with Crippen LogP contribution in [0, 0.1) is 0 Å². The molecule has 9 nitrogen and oxygen atoms in total. The number of ether oxygens (including phenoxy) is 5. The first-order chi connectivity index (χ1) is 19.4. The Morgan fingerprint density at radius 3 is 2.10 bits per heavy atom.